The fraction of sp³-hybridized carbons (Fsp3) is 0.185. The summed E-state index contributed by atoms with van der Waals surface area (Å²) in [6.07, 6.45) is 0. The number of rotatable bonds is 8. The Balaban J connectivity index is 1.66. The van der Waals surface area contributed by atoms with Gasteiger partial charge in [0.1, 0.15) is 28.6 Å². The third-order valence-corrected chi connectivity index (χ3v) is 5.60. The van der Waals surface area contributed by atoms with Crippen LogP contribution in [0.15, 0.2) is 69.9 Å². The maximum atomic E-state index is 12.8. The van der Waals surface area contributed by atoms with Crippen LogP contribution in [0.4, 0.5) is 0 Å². The Morgan fingerprint density at radius 3 is 2.18 bits per heavy atom. The standard InChI is InChI=1S/C27H24O7/c1-16-22-13-20(33-15-23(28)17-5-7-18(30-2)8-6-17)10-12-24(22)34-27(29)26(16)21-11-9-19(31-3)14-25(21)32-4/h5-14H,15H2,1-4H3. The number of ketones is 1. The van der Waals surface area contributed by atoms with E-state index >= 15 is 0 Å². The minimum absolute atomic E-state index is 0.132. The summed E-state index contributed by atoms with van der Waals surface area (Å²) in [4.78, 5) is 25.3. The van der Waals surface area contributed by atoms with Gasteiger partial charge in [0.25, 0.3) is 0 Å². The van der Waals surface area contributed by atoms with Crippen molar-refractivity contribution in [2.75, 3.05) is 27.9 Å². The Kier molecular flexibility index (Phi) is 6.54. The number of methoxy groups -OCH3 is 3. The molecule has 34 heavy (non-hydrogen) atoms. The van der Waals surface area contributed by atoms with Gasteiger partial charge < -0.3 is 23.4 Å². The summed E-state index contributed by atoms with van der Waals surface area (Å²) < 4.78 is 27.2. The lowest BCUT2D eigenvalue weighted by atomic mass is 9.98. The molecule has 0 aliphatic carbocycles. The van der Waals surface area contributed by atoms with Gasteiger partial charge in [-0.05, 0) is 67.1 Å². The fourth-order valence-electron chi connectivity index (χ4n) is 3.75. The molecule has 0 N–H and O–H groups in total. The average Bonchev–Trinajstić information content (AvgIpc) is 2.87. The highest BCUT2D eigenvalue weighted by Crippen LogP contribution is 2.36. The van der Waals surface area contributed by atoms with E-state index in [0.717, 1.165) is 0 Å². The second kappa shape index (κ2) is 9.70. The molecule has 0 bridgehead atoms. The van der Waals surface area contributed by atoms with Crippen LogP contribution in [0, 0.1) is 6.92 Å². The Labute approximate surface area is 196 Å². The van der Waals surface area contributed by atoms with Crippen LogP contribution in [0.1, 0.15) is 15.9 Å². The molecule has 0 atom stereocenters. The second-order valence-corrected chi connectivity index (χ2v) is 7.55. The molecule has 7 nitrogen and oxygen atoms in total. The summed E-state index contributed by atoms with van der Waals surface area (Å²) in [5, 5.41) is 0.696. The predicted octanol–water partition coefficient (Wildman–Crippen LogP) is 5.06. The van der Waals surface area contributed by atoms with Crippen LogP contribution < -0.4 is 24.6 Å². The first-order valence-electron chi connectivity index (χ1n) is 10.5. The third-order valence-electron chi connectivity index (χ3n) is 5.60. The summed E-state index contributed by atoms with van der Waals surface area (Å²) in [6.45, 7) is 1.71. The molecular weight excluding hydrogens is 436 g/mol. The quantitative estimate of drug-likeness (QED) is 0.269. The van der Waals surface area contributed by atoms with Gasteiger partial charge in [0, 0.05) is 22.6 Å². The number of fused-ring (bicyclic) bond motifs is 1. The molecule has 0 radical (unpaired) electrons. The number of aryl methyl sites for hydroxylation is 1. The van der Waals surface area contributed by atoms with Gasteiger partial charge in [-0.1, -0.05) is 0 Å². The molecule has 0 unspecified atom stereocenters. The van der Waals surface area contributed by atoms with Gasteiger partial charge in [-0.3, -0.25) is 4.79 Å². The van der Waals surface area contributed by atoms with Crippen LogP contribution in [-0.4, -0.2) is 33.7 Å². The number of ether oxygens (including phenoxy) is 4. The maximum Gasteiger partial charge on any atom is 0.344 e. The second-order valence-electron chi connectivity index (χ2n) is 7.55. The largest absolute Gasteiger partial charge is 0.497 e. The van der Waals surface area contributed by atoms with Crippen molar-refractivity contribution in [3.05, 3.63) is 82.2 Å². The van der Waals surface area contributed by atoms with E-state index in [0.29, 0.717) is 56.2 Å². The van der Waals surface area contributed by atoms with Gasteiger partial charge in [-0.25, -0.2) is 4.79 Å². The smallest absolute Gasteiger partial charge is 0.344 e. The van der Waals surface area contributed by atoms with E-state index in [1.54, 1.807) is 74.9 Å². The Morgan fingerprint density at radius 1 is 0.824 bits per heavy atom. The van der Waals surface area contributed by atoms with E-state index in [1.807, 2.05) is 6.92 Å². The molecule has 0 fully saturated rings. The van der Waals surface area contributed by atoms with Crippen LogP contribution in [-0.2, 0) is 0 Å². The van der Waals surface area contributed by atoms with Crippen molar-refractivity contribution in [2.45, 2.75) is 6.92 Å². The summed E-state index contributed by atoms with van der Waals surface area (Å²) in [5.74, 6) is 2.10. The highest BCUT2D eigenvalue weighted by atomic mass is 16.5. The lowest BCUT2D eigenvalue weighted by molar-refractivity contribution is 0.0921. The van der Waals surface area contributed by atoms with Crippen LogP contribution in [0.5, 0.6) is 23.0 Å². The monoisotopic (exact) mass is 460 g/mol. The predicted molar refractivity (Wildman–Crippen MR) is 129 cm³/mol. The number of hydrogen-bond acceptors (Lipinski definition) is 7. The Hall–Kier alpha value is -4.26. The van der Waals surface area contributed by atoms with Crippen molar-refractivity contribution >= 4 is 16.8 Å². The fourth-order valence-corrected chi connectivity index (χ4v) is 3.75. The van der Waals surface area contributed by atoms with Crippen molar-refractivity contribution in [3.63, 3.8) is 0 Å². The molecular formula is C27H24O7. The van der Waals surface area contributed by atoms with E-state index in [4.69, 9.17) is 23.4 Å². The van der Waals surface area contributed by atoms with Gasteiger partial charge in [-0.2, -0.15) is 0 Å². The molecule has 1 heterocycles. The van der Waals surface area contributed by atoms with Crippen molar-refractivity contribution < 1.29 is 28.2 Å². The van der Waals surface area contributed by atoms with Crippen LogP contribution in [0.2, 0.25) is 0 Å². The van der Waals surface area contributed by atoms with Crippen LogP contribution in [0.3, 0.4) is 0 Å². The van der Waals surface area contributed by atoms with Crippen LogP contribution in [0.25, 0.3) is 22.1 Å². The first-order valence-corrected chi connectivity index (χ1v) is 10.5. The molecule has 174 valence electrons. The van der Waals surface area contributed by atoms with Gasteiger partial charge in [-0.15, -0.1) is 0 Å². The molecule has 0 saturated carbocycles. The highest BCUT2D eigenvalue weighted by Gasteiger charge is 2.18. The lowest BCUT2D eigenvalue weighted by Gasteiger charge is -2.13. The Bertz CT molecular complexity index is 1400. The minimum atomic E-state index is -0.475. The SMILES string of the molecule is COc1ccc(C(=O)COc2ccc3oc(=O)c(-c4ccc(OC)cc4OC)c(C)c3c2)cc1. The van der Waals surface area contributed by atoms with E-state index in [9.17, 15) is 9.59 Å². The van der Waals surface area contributed by atoms with E-state index in [2.05, 4.69) is 0 Å². The molecule has 0 aliphatic rings. The van der Waals surface area contributed by atoms with Crippen molar-refractivity contribution in [2.24, 2.45) is 0 Å². The van der Waals surface area contributed by atoms with E-state index in [-0.39, 0.29) is 12.4 Å². The normalized spacial score (nSPS) is 10.7. The number of hydrogen-bond donors (Lipinski definition) is 0. The summed E-state index contributed by atoms with van der Waals surface area (Å²) in [7, 11) is 4.66. The van der Waals surface area contributed by atoms with Crippen molar-refractivity contribution in [3.8, 4) is 34.1 Å². The number of benzene rings is 3. The van der Waals surface area contributed by atoms with Crippen molar-refractivity contribution in [1.82, 2.24) is 0 Å². The minimum Gasteiger partial charge on any atom is -0.497 e. The molecule has 7 heteroatoms. The number of carbonyl (C=O) groups is 1. The Morgan fingerprint density at radius 2 is 1.50 bits per heavy atom. The zero-order valence-corrected chi connectivity index (χ0v) is 19.3. The highest BCUT2D eigenvalue weighted by molar-refractivity contribution is 5.97. The van der Waals surface area contributed by atoms with Gasteiger partial charge >= 0.3 is 5.63 Å². The van der Waals surface area contributed by atoms with E-state index in [1.165, 1.54) is 7.11 Å². The molecule has 0 spiro atoms. The lowest BCUT2D eigenvalue weighted by Crippen LogP contribution is -2.11. The van der Waals surface area contributed by atoms with Gasteiger partial charge in [0.15, 0.2) is 12.4 Å². The molecule has 3 aromatic carbocycles. The maximum absolute atomic E-state index is 12.8. The number of Topliss-reactive ketones (excluding diaryl/α,β-unsaturated/α-hetero) is 1. The summed E-state index contributed by atoms with van der Waals surface area (Å²) in [6, 6.07) is 17.1. The third kappa shape index (κ3) is 4.45. The molecule has 0 amide bonds. The molecule has 4 aromatic rings. The van der Waals surface area contributed by atoms with Crippen LogP contribution >= 0.6 is 0 Å². The topological polar surface area (TPSA) is 84.2 Å². The van der Waals surface area contributed by atoms with Gasteiger partial charge in [0.05, 0.1) is 26.9 Å². The molecule has 4 rings (SSSR count). The molecule has 0 saturated heterocycles. The first kappa shape index (κ1) is 22.9. The summed E-state index contributed by atoms with van der Waals surface area (Å²) in [5.41, 5.74) is 2.17. The average molecular weight is 460 g/mol. The molecule has 1 aromatic heterocycles. The molecule has 0 aliphatic heterocycles. The van der Waals surface area contributed by atoms with Gasteiger partial charge in [0.2, 0.25) is 0 Å². The zero-order chi connectivity index (χ0) is 24.2. The van der Waals surface area contributed by atoms with Crippen molar-refractivity contribution in [1.29, 1.82) is 0 Å². The first-order chi connectivity index (χ1) is 16.4. The number of carbonyl (C=O) groups excluding carboxylic acids is 1. The zero-order valence-electron chi connectivity index (χ0n) is 19.3. The summed E-state index contributed by atoms with van der Waals surface area (Å²) >= 11 is 0. The van der Waals surface area contributed by atoms with E-state index < -0.39 is 5.63 Å².